The molecule has 3 heterocycles. The second-order valence-corrected chi connectivity index (χ2v) is 7.02. The Kier molecular flexibility index (Phi) is 5.42. The fourth-order valence-electron chi connectivity index (χ4n) is 3.36. The van der Waals surface area contributed by atoms with Crippen molar-refractivity contribution in [2.24, 2.45) is 9.98 Å². The van der Waals surface area contributed by atoms with E-state index < -0.39 is 30.3 Å². The summed E-state index contributed by atoms with van der Waals surface area (Å²) in [6.07, 6.45) is -0.945. The van der Waals surface area contributed by atoms with Crippen LogP contribution in [0.25, 0.3) is 0 Å². The van der Waals surface area contributed by atoms with Crippen LogP contribution in [0, 0.1) is 0 Å². The Bertz CT molecular complexity index is 777. The molecular formula is C17H23ClN4O5. The van der Waals surface area contributed by atoms with E-state index in [0.29, 0.717) is 16.6 Å². The van der Waals surface area contributed by atoms with Gasteiger partial charge < -0.3 is 18.8 Å². The fourth-order valence-corrected chi connectivity index (χ4v) is 3.51. The van der Waals surface area contributed by atoms with E-state index in [1.807, 2.05) is 0 Å². The first kappa shape index (κ1) is 20.0. The molecule has 10 heteroatoms. The molecule has 148 valence electrons. The monoisotopic (exact) mass is 398 g/mol. The molecule has 27 heavy (non-hydrogen) atoms. The van der Waals surface area contributed by atoms with Crippen molar-refractivity contribution in [3.05, 3.63) is 17.8 Å². The van der Waals surface area contributed by atoms with Gasteiger partial charge in [-0.3, -0.25) is 14.6 Å². The van der Waals surface area contributed by atoms with Crippen molar-refractivity contribution in [1.29, 1.82) is 0 Å². The summed E-state index contributed by atoms with van der Waals surface area (Å²) in [5.74, 6) is -0.761. The van der Waals surface area contributed by atoms with Crippen molar-refractivity contribution in [2.45, 2.75) is 44.2 Å². The number of halogens is 1. The van der Waals surface area contributed by atoms with Crippen molar-refractivity contribution < 1.29 is 23.8 Å². The van der Waals surface area contributed by atoms with Gasteiger partial charge in [0, 0.05) is 20.3 Å². The summed E-state index contributed by atoms with van der Waals surface area (Å²) in [4.78, 5) is 25.7. The maximum atomic E-state index is 12.7. The number of carbonyl (C=O) groups is 1. The predicted octanol–water partition coefficient (Wildman–Crippen LogP) is 1.87. The van der Waals surface area contributed by atoms with Crippen molar-refractivity contribution >= 4 is 35.2 Å². The van der Waals surface area contributed by atoms with Crippen LogP contribution in [0.3, 0.4) is 0 Å². The molecule has 2 aliphatic heterocycles. The Hall–Kier alpha value is -1.78. The number of fused-ring (bicyclic) bond motifs is 1. The fraction of sp³-hybridized carbons (Fsp3) is 0.588. The number of likely N-dealkylation sites (N-methyl/N-ethyl adjacent to an activating group) is 1. The standard InChI is InChI=1S/C17H23ClN4O5/c1-17(2)26-10-11(15(23)21(5)24-6)25-16(12(10)27-17)22-8-7-9(13(18)19-3)14(22)20-4/h7-8,10-12,16H,4H2,1-3,5-6H3/t10-,11+,12-,16-/m1/s1. The molecule has 0 unspecified atom stereocenters. The average Bonchev–Trinajstić information content (AvgIpc) is 3.29. The minimum Gasteiger partial charge on any atom is -0.341 e. The number of nitrogens with zero attached hydrogens (tertiary/aromatic N) is 4. The van der Waals surface area contributed by atoms with Crippen LogP contribution in [-0.4, -0.2) is 72.7 Å². The highest BCUT2D eigenvalue weighted by Crippen LogP contribution is 2.45. The topological polar surface area (TPSA) is 86.9 Å². The third kappa shape index (κ3) is 3.41. The van der Waals surface area contributed by atoms with Crippen LogP contribution in [-0.2, 0) is 23.8 Å². The first-order valence-electron chi connectivity index (χ1n) is 8.37. The van der Waals surface area contributed by atoms with Gasteiger partial charge in [0.1, 0.15) is 23.2 Å². The quantitative estimate of drug-likeness (QED) is 0.558. The summed E-state index contributed by atoms with van der Waals surface area (Å²) in [6.45, 7) is 7.20. The first-order chi connectivity index (χ1) is 12.7. The molecule has 0 aromatic carbocycles. The SMILES string of the molecule is C=Nc1c(C(Cl)=NC)ccn1[C@@H]1O[C@H](C(=O)N(C)OC)[C@H]2OC(C)(C)O[C@H]21. The molecule has 2 fully saturated rings. The molecule has 9 nitrogen and oxygen atoms in total. The molecular weight excluding hydrogens is 376 g/mol. The number of hydrogen-bond acceptors (Lipinski definition) is 7. The lowest BCUT2D eigenvalue weighted by atomic mass is 10.1. The van der Waals surface area contributed by atoms with Gasteiger partial charge in [-0.05, 0) is 26.6 Å². The van der Waals surface area contributed by atoms with Crippen molar-refractivity contribution in [1.82, 2.24) is 9.63 Å². The molecule has 1 aromatic rings. The van der Waals surface area contributed by atoms with E-state index in [-0.39, 0.29) is 5.91 Å². The lowest BCUT2D eigenvalue weighted by molar-refractivity contribution is -0.211. The second-order valence-electron chi connectivity index (χ2n) is 6.66. The Balaban J connectivity index is 2.00. The van der Waals surface area contributed by atoms with Gasteiger partial charge in [-0.2, -0.15) is 0 Å². The molecule has 2 saturated heterocycles. The number of carbonyl (C=O) groups excluding carboxylic acids is 1. The molecule has 3 rings (SSSR count). The maximum absolute atomic E-state index is 12.7. The molecule has 0 radical (unpaired) electrons. The van der Waals surface area contributed by atoms with Crippen molar-refractivity contribution in [3.8, 4) is 0 Å². The largest absolute Gasteiger partial charge is 0.341 e. The van der Waals surface area contributed by atoms with E-state index in [0.717, 1.165) is 5.06 Å². The van der Waals surface area contributed by atoms with E-state index >= 15 is 0 Å². The molecule has 2 aliphatic rings. The second kappa shape index (κ2) is 7.33. The molecule has 0 saturated carbocycles. The molecule has 0 bridgehead atoms. The van der Waals surface area contributed by atoms with Gasteiger partial charge in [0.15, 0.2) is 18.1 Å². The number of aromatic nitrogens is 1. The van der Waals surface area contributed by atoms with E-state index in [1.165, 1.54) is 14.2 Å². The van der Waals surface area contributed by atoms with E-state index in [4.69, 9.17) is 30.6 Å². The van der Waals surface area contributed by atoms with Gasteiger partial charge in [-0.1, -0.05) is 11.6 Å². The predicted molar refractivity (Wildman–Crippen MR) is 99.5 cm³/mol. The van der Waals surface area contributed by atoms with E-state index in [2.05, 4.69) is 16.7 Å². The summed E-state index contributed by atoms with van der Waals surface area (Å²) in [7, 11) is 4.50. The van der Waals surface area contributed by atoms with Gasteiger partial charge in [-0.25, -0.2) is 10.1 Å². The molecule has 0 N–H and O–H groups in total. The molecule has 1 amide bonds. The summed E-state index contributed by atoms with van der Waals surface area (Å²) in [6, 6.07) is 1.76. The van der Waals surface area contributed by atoms with Gasteiger partial charge >= 0.3 is 0 Å². The summed E-state index contributed by atoms with van der Waals surface area (Å²) >= 11 is 6.17. The van der Waals surface area contributed by atoms with Crippen LogP contribution in [0.4, 0.5) is 5.82 Å². The zero-order chi connectivity index (χ0) is 19.9. The highest BCUT2D eigenvalue weighted by molar-refractivity contribution is 6.70. The lowest BCUT2D eigenvalue weighted by Gasteiger charge is -2.26. The Morgan fingerprint density at radius 1 is 1.41 bits per heavy atom. The molecule has 4 atom stereocenters. The third-order valence-electron chi connectivity index (χ3n) is 4.59. The van der Waals surface area contributed by atoms with Gasteiger partial charge in [0.2, 0.25) is 0 Å². The molecule has 1 aromatic heterocycles. The van der Waals surface area contributed by atoms with Crippen LogP contribution < -0.4 is 0 Å². The highest BCUT2D eigenvalue weighted by atomic mass is 35.5. The number of aliphatic imine (C=N–C) groups is 2. The normalized spacial score (nSPS) is 29.6. The summed E-state index contributed by atoms with van der Waals surface area (Å²) in [5, 5.41) is 1.40. The Morgan fingerprint density at radius 2 is 2.07 bits per heavy atom. The highest BCUT2D eigenvalue weighted by Gasteiger charge is 2.58. The maximum Gasteiger partial charge on any atom is 0.277 e. The Labute approximate surface area is 162 Å². The zero-order valence-corrected chi connectivity index (χ0v) is 16.6. The van der Waals surface area contributed by atoms with Crippen LogP contribution in [0.5, 0.6) is 0 Å². The third-order valence-corrected chi connectivity index (χ3v) is 4.96. The smallest absolute Gasteiger partial charge is 0.277 e. The Morgan fingerprint density at radius 3 is 2.67 bits per heavy atom. The van der Waals surface area contributed by atoms with Crippen LogP contribution >= 0.6 is 11.6 Å². The van der Waals surface area contributed by atoms with E-state index in [9.17, 15) is 4.79 Å². The minimum absolute atomic E-state index is 0.293. The average molecular weight is 399 g/mol. The van der Waals surface area contributed by atoms with Crippen molar-refractivity contribution in [3.63, 3.8) is 0 Å². The minimum atomic E-state index is -0.898. The van der Waals surface area contributed by atoms with Gasteiger partial charge in [-0.15, -0.1) is 0 Å². The van der Waals surface area contributed by atoms with Gasteiger partial charge in [0.05, 0.1) is 12.7 Å². The molecule has 0 spiro atoms. The number of amides is 1. The summed E-state index contributed by atoms with van der Waals surface area (Å²) < 4.78 is 19.7. The molecule has 0 aliphatic carbocycles. The number of ether oxygens (including phenoxy) is 3. The van der Waals surface area contributed by atoms with Crippen LogP contribution in [0.2, 0.25) is 0 Å². The van der Waals surface area contributed by atoms with Crippen LogP contribution in [0.1, 0.15) is 25.6 Å². The number of hydrogen-bond donors (Lipinski definition) is 0. The van der Waals surface area contributed by atoms with Crippen LogP contribution in [0.15, 0.2) is 22.2 Å². The first-order valence-corrected chi connectivity index (χ1v) is 8.75. The summed E-state index contributed by atoms with van der Waals surface area (Å²) in [5.41, 5.74) is 0.608. The zero-order valence-electron chi connectivity index (χ0n) is 15.9. The van der Waals surface area contributed by atoms with Gasteiger partial charge in [0.25, 0.3) is 5.91 Å². The lowest BCUT2D eigenvalue weighted by Crippen LogP contribution is -2.43. The number of rotatable bonds is 5. The van der Waals surface area contributed by atoms with Crippen molar-refractivity contribution in [2.75, 3.05) is 21.2 Å². The number of hydroxylamine groups is 2. The van der Waals surface area contributed by atoms with E-state index in [1.54, 1.807) is 37.7 Å².